The lowest BCUT2D eigenvalue weighted by molar-refractivity contribution is 0.134. The Morgan fingerprint density at radius 3 is 2.84 bits per heavy atom. The fourth-order valence-electron chi connectivity index (χ4n) is 2.43. The van der Waals surface area contributed by atoms with E-state index in [2.05, 4.69) is 19.9 Å². The molecule has 0 radical (unpaired) electrons. The van der Waals surface area contributed by atoms with E-state index in [-0.39, 0.29) is 5.92 Å². The Morgan fingerprint density at radius 1 is 1.47 bits per heavy atom. The molecule has 100 valence electrons. The van der Waals surface area contributed by atoms with Gasteiger partial charge in [-0.3, -0.25) is 4.90 Å². The molecule has 4 heteroatoms. The van der Waals surface area contributed by atoms with Crippen LogP contribution < -0.4 is 4.90 Å². The van der Waals surface area contributed by atoms with Crippen LogP contribution in [0, 0.1) is 18.3 Å². The van der Waals surface area contributed by atoms with Gasteiger partial charge in [-0.2, -0.15) is 5.26 Å². The van der Waals surface area contributed by atoms with Crippen LogP contribution in [0.15, 0.2) is 18.2 Å². The Morgan fingerprint density at radius 2 is 2.21 bits per heavy atom. The van der Waals surface area contributed by atoms with Crippen molar-refractivity contribution < 1.29 is 9.53 Å². The van der Waals surface area contributed by atoms with Gasteiger partial charge in [-0.15, -0.1) is 0 Å². The van der Waals surface area contributed by atoms with Crippen LogP contribution in [-0.2, 0) is 4.74 Å². The molecule has 2 rings (SSSR count). The second-order valence-electron chi connectivity index (χ2n) is 5.09. The number of nitrogens with zero attached hydrogens (tertiary/aromatic N) is 2. The summed E-state index contributed by atoms with van der Waals surface area (Å²) in [4.78, 5) is 13.6. The van der Waals surface area contributed by atoms with Gasteiger partial charge in [0.15, 0.2) is 0 Å². The molecule has 1 atom stereocenters. The van der Waals surface area contributed by atoms with Gasteiger partial charge in [-0.1, -0.05) is 32.0 Å². The number of rotatable bonds is 2. The van der Waals surface area contributed by atoms with Gasteiger partial charge in [-0.25, -0.2) is 4.79 Å². The summed E-state index contributed by atoms with van der Waals surface area (Å²) in [5, 5.41) is 9.26. The molecule has 0 N–H and O–H groups in total. The van der Waals surface area contributed by atoms with Crippen molar-refractivity contribution >= 4 is 11.8 Å². The van der Waals surface area contributed by atoms with Gasteiger partial charge in [0.05, 0.1) is 18.4 Å². The Hall–Kier alpha value is -2.02. The van der Waals surface area contributed by atoms with E-state index in [1.807, 2.05) is 25.1 Å². The van der Waals surface area contributed by atoms with Crippen LogP contribution in [0.4, 0.5) is 10.5 Å². The Balaban J connectivity index is 2.56. The number of aryl methyl sites for hydroxylation is 1. The number of carbonyl (C=O) groups excluding carboxylic acids is 1. The van der Waals surface area contributed by atoms with Crippen LogP contribution in [0.5, 0.6) is 0 Å². The highest BCUT2D eigenvalue weighted by atomic mass is 16.6. The van der Waals surface area contributed by atoms with E-state index in [4.69, 9.17) is 4.74 Å². The molecule has 4 nitrogen and oxygen atoms in total. The summed E-state index contributed by atoms with van der Waals surface area (Å²) in [5.74, 6) is 0.281. The fraction of sp³-hybridized carbons (Fsp3) is 0.467. The minimum Gasteiger partial charge on any atom is -0.449 e. The molecular formula is C15H18N2O2. The van der Waals surface area contributed by atoms with Gasteiger partial charge in [0.2, 0.25) is 0 Å². The molecule has 1 saturated heterocycles. The highest BCUT2D eigenvalue weighted by molar-refractivity contribution is 5.91. The number of nitriles is 1. The third-order valence-electron chi connectivity index (χ3n) is 3.41. The maximum absolute atomic E-state index is 12.0. The van der Waals surface area contributed by atoms with Gasteiger partial charge in [0.25, 0.3) is 0 Å². The average molecular weight is 258 g/mol. The molecular weight excluding hydrogens is 240 g/mol. The molecule has 0 saturated carbocycles. The molecule has 1 aromatic carbocycles. The predicted octanol–water partition coefficient (Wildman–Crippen LogP) is 3.36. The molecule has 1 unspecified atom stereocenters. The maximum atomic E-state index is 12.0. The summed E-state index contributed by atoms with van der Waals surface area (Å²) in [7, 11) is 0. The molecule has 1 fully saturated rings. The van der Waals surface area contributed by atoms with Crippen molar-refractivity contribution in [1.82, 2.24) is 0 Å². The minimum atomic E-state index is -0.445. The Bertz CT molecular complexity index is 531. The molecule has 1 aliphatic heterocycles. The van der Waals surface area contributed by atoms with Crippen LogP contribution in [0.1, 0.15) is 37.3 Å². The lowest BCUT2D eigenvalue weighted by Gasteiger charge is -2.33. The van der Waals surface area contributed by atoms with Crippen LogP contribution in [0.25, 0.3) is 0 Å². The quantitative estimate of drug-likeness (QED) is 0.817. The van der Waals surface area contributed by atoms with Crippen molar-refractivity contribution in [2.75, 3.05) is 11.5 Å². The molecule has 0 aromatic heterocycles. The van der Waals surface area contributed by atoms with E-state index < -0.39 is 12.1 Å². The number of hydrogen-bond donors (Lipinski definition) is 0. The summed E-state index contributed by atoms with van der Waals surface area (Å²) in [6.45, 7) is 6.43. The summed E-state index contributed by atoms with van der Waals surface area (Å²) in [6, 6.07) is 7.69. The predicted molar refractivity (Wildman–Crippen MR) is 73.1 cm³/mol. The van der Waals surface area contributed by atoms with Gasteiger partial charge in [-0.05, 0) is 24.0 Å². The van der Waals surface area contributed by atoms with Gasteiger partial charge >= 0.3 is 6.09 Å². The minimum absolute atomic E-state index is 0.281. The van der Waals surface area contributed by atoms with Crippen molar-refractivity contribution in [3.63, 3.8) is 0 Å². The molecule has 0 bridgehead atoms. The molecule has 0 aliphatic carbocycles. The summed E-state index contributed by atoms with van der Waals surface area (Å²) >= 11 is 0. The normalized spacial score (nSPS) is 19.2. The van der Waals surface area contributed by atoms with E-state index >= 15 is 0 Å². The van der Waals surface area contributed by atoms with Crippen molar-refractivity contribution in [3.8, 4) is 6.07 Å². The molecule has 1 heterocycles. The third-order valence-corrected chi connectivity index (χ3v) is 3.41. The zero-order valence-electron chi connectivity index (χ0n) is 11.5. The number of para-hydroxylation sites is 1. The van der Waals surface area contributed by atoms with Crippen molar-refractivity contribution in [1.29, 1.82) is 5.26 Å². The molecule has 0 spiro atoms. The number of anilines is 1. The molecule has 19 heavy (non-hydrogen) atoms. The zero-order chi connectivity index (χ0) is 14.0. The van der Waals surface area contributed by atoms with E-state index in [0.29, 0.717) is 13.0 Å². The SMILES string of the molecule is Cc1cccc(C(C)C)c1N1C(=O)OCCC1C#N. The highest BCUT2D eigenvalue weighted by Crippen LogP contribution is 2.34. The van der Waals surface area contributed by atoms with Crippen molar-refractivity contribution in [2.45, 2.75) is 39.2 Å². The monoisotopic (exact) mass is 258 g/mol. The summed E-state index contributed by atoms with van der Waals surface area (Å²) < 4.78 is 5.10. The van der Waals surface area contributed by atoms with E-state index in [1.165, 1.54) is 4.90 Å². The van der Waals surface area contributed by atoms with Gasteiger partial charge in [0, 0.05) is 6.42 Å². The van der Waals surface area contributed by atoms with Crippen molar-refractivity contribution in [2.24, 2.45) is 0 Å². The Labute approximate surface area is 113 Å². The maximum Gasteiger partial charge on any atom is 0.415 e. The van der Waals surface area contributed by atoms with Crippen LogP contribution >= 0.6 is 0 Å². The first-order chi connectivity index (χ1) is 9.06. The summed E-state index contributed by atoms with van der Waals surface area (Å²) in [6.07, 6.45) is 0.127. The first-order valence-corrected chi connectivity index (χ1v) is 6.51. The lowest BCUT2D eigenvalue weighted by atomic mass is 9.96. The second-order valence-corrected chi connectivity index (χ2v) is 5.09. The summed E-state index contributed by atoms with van der Waals surface area (Å²) in [5.41, 5.74) is 2.89. The Kier molecular flexibility index (Phi) is 3.75. The molecule has 1 aromatic rings. The lowest BCUT2D eigenvalue weighted by Crippen LogP contribution is -2.46. The van der Waals surface area contributed by atoms with Crippen molar-refractivity contribution in [3.05, 3.63) is 29.3 Å². The number of carbonyl (C=O) groups is 1. The number of amides is 1. The first kappa shape index (κ1) is 13.4. The highest BCUT2D eigenvalue weighted by Gasteiger charge is 2.33. The van der Waals surface area contributed by atoms with Gasteiger partial charge < -0.3 is 4.74 Å². The smallest absolute Gasteiger partial charge is 0.415 e. The topological polar surface area (TPSA) is 53.3 Å². The van der Waals surface area contributed by atoms with Crippen LogP contribution in [0.2, 0.25) is 0 Å². The second kappa shape index (κ2) is 5.31. The largest absolute Gasteiger partial charge is 0.449 e. The van der Waals surface area contributed by atoms with E-state index in [9.17, 15) is 10.1 Å². The standard InChI is InChI=1S/C15H18N2O2/c1-10(2)13-6-4-5-11(3)14(13)17-12(9-16)7-8-19-15(17)18/h4-6,10,12H,7-8H2,1-3H3. The fourth-order valence-corrected chi connectivity index (χ4v) is 2.43. The number of cyclic esters (lactones) is 1. The number of ether oxygens (including phenoxy) is 1. The zero-order valence-corrected chi connectivity index (χ0v) is 11.5. The third kappa shape index (κ3) is 2.41. The van der Waals surface area contributed by atoms with E-state index in [1.54, 1.807) is 0 Å². The van der Waals surface area contributed by atoms with Crippen LogP contribution in [0.3, 0.4) is 0 Å². The average Bonchev–Trinajstić information content (AvgIpc) is 2.38. The molecule has 1 amide bonds. The number of hydrogen-bond acceptors (Lipinski definition) is 3. The molecule has 1 aliphatic rings. The van der Waals surface area contributed by atoms with Crippen LogP contribution in [-0.4, -0.2) is 18.7 Å². The first-order valence-electron chi connectivity index (χ1n) is 6.51. The number of benzene rings is 1. The van der Waals surface area contributed by atoms with Gasteiger partial charge in [0.1, 0.15) is 6.04 Å². The van der Waals surface area contributed by atoms with E-state index in [0.717, 1.165) is 16.8 Å².